The summed E-state index contributed by atoms with van der Waals surface area (Å²) in [4.78, 5) is 9.75. The summed E-state index contributed by atoms with van der Waals surface area (Å²) in [6, 6.07) is 12.5. The van der Waals surface area contributed by atoms with Crippen molar-refractivity contribution in [3.8, 4) is 0 Å². The van der Waals surface area contributed by atoms with Gasteiger partial charge in [0.1, 0.15) is 12.0 Å². The first-order valence-electron chi connectivity index (χ1n) is 21.3. The normalized spacial score (nSPS) is 11.7. The fourth-order valence-electron chi connectivity index (χ4n) is 5.47. The van der Waals surface area contributed by atoms with Crippen LogP contribution in [0.4, 0.5) is 0 Å². The molecule has 0 fully saturated rings. The molecule has 0 N–H and O–H groups in total. The Labute approximate surface area is 386 Å². The highest BCUT2D eigenvalue weighted by Crippen LogP contribution is 2.25. The molecule has 0 aliphatic heterocycles. The minimum atomic E-state index is 0. The zero-order valence-electron chi connectivity index (χ0n) is 40.8. The molecule has 0 saturated heterocycles. The molecule has 0 aromatic carbocycles. The number of rotatable bonds is 6. The lowest BCUT2D eigenvalue weighted by molar-refractivity contribution is 0.354. The van der Waals surface area contributed by atoms with Gasteiger partial charge in [-0.15, -0.1) is 22.7 Å². The van der Waals surface area contributed by atoms with Crippen LogP contribution in [0.2, 0.25) is 0 Å². The highest BCUT2D eigenvalue weighted by atomic mass is 32.1. The average Bonchev–Trinajstić information content (AvgIpc) is 3.89. The van der Waals surface area contributed by atoms with Crippen LogP contribution < -0.4 is 0 Å². The third kappa shape index (κ3) is 36.0. The molecule has 0 saturated carbocycles. The van der Waals surface area contributed by atoms with Crippen molar-refractivity contribution in [1.29, 1.82) is 0 Å². The fourth-order valence-corrected chi connectivity index (χ4v) is 8.06. The van der Waals surface area contributed by atoms with Crippen LogP contribution in [-0.2, 0) is 38.5 Å². The Kier molecular flexibility index (Phi) is 25.7. The molecular formula is C53H86N2O3S3. The van der Waals surface area contributed by atoms with E-state index in [1.807, 2.05) is 47.4 Å². The van der Waals surface area contributed by atoms with Gasteiger partial charge in [-0.05, 0) is 109 Å². The Bertz CT molecular complexity index is 1450. The van der Waals surface area contributed by atoms with Crippen LogP contribution in [0.3, 0.4) is 0 Å². The van der Waals surface area contributed by atoms with Crippen LogP contribution in [-0.4, -0.2) is 9.97 Å². The maximum atomic E-state index is 5.21. The minimum Gasteiger partial charge on any atom is -0.472 e. The first-order valence-corrected chi connectivity index (χ1v) is 24.0. The summed E-state index contributed by atoms with van der Waals surface area (Å²) in [7, 11) is 0. The van der Waals surface area contributed by atoms with Crippen LogP contribution in [0.1, 0.15) is 165 Å². The monoisotopic (exact) mass is 895 g/mol. The average molecular weight is 895 g/mol. The van der Waals surface area contributed by atoms with Crippen molar-refractivity contribution >= 4 is 34.0 Å². The molecule has 6 aromatic heterocycles. The summed E-state index contributed by atoms with van der Waals surface area (Å²) < 4.78 is 15.3. The lowest BCUT2D eigenvalue weighted by Gasteiger charge is -2.16. The number of thiazole rings is 1. The molecule has 61 heavy (non-hydrogen) atoms. The van der Waals surface area contributed by atoms with Gasteiger partial charge in [0.15, 0.2) is 5.89 Å². The molecule has 6 rings (SSSR count). The Balaban J connectivity index is 0.000000706. The lowest BCUT2D eigenvalue weighted by Crippen LogP contribution is -2.08. The number of furan rings is 2. The van der Waals surface area contributed by atoms with Crippen LogP contribution >= 0.6 is 34.0 Å². The van der Waals surface area contributed by atoms with E-state index in [9.17, 15) is 0 Å². The van der Waals surface area contributed by atoms with Gasteiger partial charge in [0.2, 0.25) is 0 Å². The highest BCUT2D eigenvalue weighted by Gasteiger charge is 2.15. The summed E-state index contributed by atoms with van der Waals surface area (Å²) in [5.41, 5.74) is 4.96. The van der Waals surface area contributed by atoms with Crippen molar-refractivity contribution in [3.05, 3.63) is 128 Å². The van der Waals surface area contributed by atoms with Crippen molar-refractivity contribution in [3.63, 3.8) is 0 Å². The summed E-state index contributed by atoms with van der Waals surface area (Å²) in [6.07, 6.45) is 16.9. The van der Waals surface area contributed by atoms with Gasteiger partial charge in [0, 0.05) is 35.7 Å². The molecule has 344 valence electrons. The molecule has 0 aliphatic rings. The topological polar surface area (TPSA) is 65.2 Å². The molecule has 0 unspecified atom stereocenters. The second kappa shape index (κ2) is 27.1. The molecule has 0 spiro atoms. The molecule has 0 radical (unpaired) electrons. The van der Waals surface area contributed by atoms with E-state index >= 15 is 0 Å². The van der Waals surface area contributed by atoms with E-state index in [1.54, 1.807) is 47.7 Å². The van der Waals surface area contributed by atoms with Gasteiger partial charge < -0.3 is 13.3 Å². The van der Waals surface area contributed by atoms with Crippen LogP contribution in [0.25, 0.3) is 0 Å². The Morgan fingerprint density at radius 1 is 0.475 bits per heavy atom. The minimum absolute atomic E-state index is 0. The molecule has 0 bridgehead atoms. The smallest absolute Gasteiger partial charge is 0.194 e. The summed E-state index contributed by atoms with van der Waals surface area (Å²) >= 11 is 5.37. The summed E-state index contributed by atoms with van der Waals surface area (Å²) in [5.74, 6) is 1.90. The van der Waals surface area contributed by atoms with Gasteiger partial charge >= 0.3 is 0 Å². The van der Waals surface area contributed by atoms with Crippen LogP contribution in [0.15, 0.2) is 109 Å². The van der Waals surface area contributed by atoms with Crippen LogP contribution in [0.5, 0.6) is 0 Å². The first kappa shape index (κ1) is 57.8. The molecule has 6 heterocycles. The predicted octanol–water partition coefficient (Wildman–Crippen LogP) is 18.0. The number of oxazole rings is 1. The number of aromatic nitrogens is 2. The molecule has 6 aromatic rings. The SMILES string of the molecule is C.CC(C)(C)Cc1ccco1.CC(C)(C)Cc1cccs1.CC(C)(C)Cc1ccoc1.CC(C)(C)Cc1ccsc1.CC(C)(C)Cc1ncco1.CC(C)(C)Cc1nccs1. The van der Waals surface area contributed by atoms with E-state index in [0.717, 1.165) is 37.3 Å². The Morgan fingerprint density at radius 2 is 1.07 bits per heavy atom. The van der Waals surface area contributed by atoms with Crippen molar-refractivity contribution in [2.75, 3.05) is 0 Å². The third-order valence-corrected chi connectivity index (χ3v) is 9.92. The van der Waals surface area contributed by atoms with Gasteiger partial charge in [0.25, 0.3) is 0 Å². The van der Waals surface area contributed by atoms with Gasteiger partial charge in [-0.3, -0.25) is 0 Å². The van der Waals surface area contributed by atoms with Gasteiger partial charge in [0.05, 0.1) is 30.0 Å². The van der Waals surface area contributed by atoms with E-state index in [2.05, 4.69) is 169 Å². The standard InChI is InChI=1S/2C9H14O.2C9H14S.C8H13NO.C8H13NS.CH4/c1-9(2,3)6-8-4-5-10-7-8;1-9(2,3)7-8-5-4-6-10-8;1-9(2,3)6-8-4-5-10-7-8;1-9(2,3)7-8-5-4-6-10-8;2*1-8(2,3)6-7-9-4-5-10-7;/h4-5,7H,6H2,1-3H3;4-6H,7H2,1-3H3;4-5,7H,6H2,1-3H3;4-6H,7H2,1-3H3;2*4-5H,6H2,1-3H3;1H4. The zero-order chi connectivity index (χ0) is 45.7. The summed E-state index contributed by atoms with van der Waals surface area (Å²) in [6.45, 7) is 40.1. The molecule has 8 heteroatoms. The maximum Gasteiger partial charge on any atom is 0.194 e. The lowest BCUT2D eigenvalue weighted by atomic mass is 9.89. The Morgan fingerprint density at radius 3 is 1.46 bits per heavy atom. The quantitative estimate of drug-likeness (QED) is 0.167. The third-order valence-electron chi connectivity index (χ3n) is 7.53. The van der Waals surface area contributed by atoms with E-state index < -0.39 is 0 Å². The number of hydrogen-bond donors (Lipinski definition) is 0. The van der Waals surface area contributed by atoms with Gasteiger partial charge in [-0.1, -0.05) is 138 Å². The molecule has 0 amide bonds. The van der Waals surface area contributed by atoms with Crippen molar-refractivity contribution in [1.82, 2.24) is 9.97 Å². The molecule has 0 aliphatic carbocycles. The molecular weight excluding hydrogens is 809 g/mol. The number of nitrogens with zero attached hydrogens (tertiary/aromatic N) is 2. The maximum absolute atomic E-state index is 5.21. The second-order valence-electron chi connectivity index (χ2n) is 22.7. The fraction of sp³-hybridized carbons (Fsp3) is 0.585. The van der Waals surface area contributed by atoms with Crippen molar-refractivity contribution < 1.29 is 13.3 Å². The van der Waals surface area contributed by atoms with Crippen molar-refractivity contribution in [2.45, 2.75) is 171 Å². The Hall–Kier alpha value is -3.20. The zero-order valence-corrected chi connectivity index (χ0v) is 43.3. The van der Waals surface area contributed by atoms with Crippen LogP contribution in [0, 0.1) is 32.5 Å². The second-order valence-corrected chi connectivity index (χ2v) is 25.5. The van der Waals surface area contributed by atoms with E-state index in [0.29, 0.717) is 27.1 Å². The van der Waals surface area contributed by atoms with E-state index in [1.165, 1.54) is 33.9 Å². The number of thiophene rings is 2. The highest BCUT2D eigenvalue weighted by molar-refractivity contribution is 7.10. The number of hydrogen-bond acceptors (Lipinski definition) is 8. The van der Waals surface area contributed by atoms with Gasteiger partial charge in [-0.25, -0.2) is 9.97 Å². The van der Waals surface area contributed by atoms with E-state index in [-0.39, 0.29) is 12.8 Å². The van der Waals surface area contributed by atoms with Crippen molar-refractivity contribution in [2.24, 2.45) is 32.5 Å². The molecule has 0 atom stereocenters. The first-order chi connectivity index (χ1) is 27.5. The summed E-state index contributed by atoms with van der Waals surface area (Å²) in [5, 5.41) is 9.78. The van der Waals surface area contributed by atoms with E-state index in [4.69, 9.17) is 13.3 Å². The molecule has 5 nitrogen and oxygen atoms in total. The van der Waals surface area contributed by atoms with Gasteiger partial charge in [-0.2, -0.15) is 11.3 Å². The largest absolute Gasteiger partial charge is 0.472 e. The predicted molar refractivity (Wildman–Crippen MR) is 270 cm³/mol.